The Balaban J connectivity index is 1.80. The van der Waals surface area contributed by atoms with Gasteiger partial charge in [0.25, 0.3) is 0 Å². The summed E-state index contributed by atoms with van der Waals surface area (Å²) < 4.78 is 7.75. The van der Waals surface area contributed by atoms with Gasteiger partial charge in [0.15, 0.2) is 5.43 Å². The van der Waals surface area contributed by atoms with Crippen LogP contribution in [-0.2, 0) is 7.05 Å². The quantitative estimate of drug-likeness (QED) is 0.559. The Kier molecular flexibility index (Phi) is 4.19. The van der Waals surface area contributed by atoms with Crippen LogP contribution in [0.5, 0.6) is 5.75 Å². The molecule has 7 heteroatoms. The number of H-pyrrole nitrogens is 1. The summed E-state index contributed by atoms with van der Waals surface area (Å²) in [5, 5.41) is 11.3. The van der Waals surface area contributed by atoms with Crippen molar-refractivity contribution >= 4 is 38.5 Å². The Morgan fingerprint density at radius 1 is 1.07 bits per heavy atom. The summed E-state index contributed by atoms with van der Waals surface area (Å²) in [7, 11) is 5.77. The van der Waals surface area contributed by atoms with Crippen LogP contribution in [0.25, 0.3) is 32.8 Å². The van der Waals surface area contributed by atoms with E-state index in [0.29, 0.717) is 21.9 Å². The van der Waals surface area contributed by atoms with Crippen LogP contribution >= 0.6 is 0 Å². The topological polar surface area (TPSA) is 77.3 Å². The van der Waals surface area contributed by atoms with Crippen LogP contribution in [0, 0.1) is 11.3 Å². The molecule has 2 aromatic carbocycles. The molecule has 7 nitrogen and oxygen atoms in total. The minimum absolute atomic E-state index is 0.0387. The first-order chi connectivity index (χ1) is 14.5. The number of likely N-dealkylation sites (N-methyl/N-ethyl adjacent to an activating group) is 1. The summed E-state index contributed by atoms with van der Waals surface area (Å²) in [5.74, 6) is 0.777. The molecule has 0 unspecified atom stereocenters. The largest absolute Gasteiger partial charge is 0.495 e. The second-order valence-corrected chi connectivity index (χ2v) is 7.94. The number of aromatic amines is 1. The number of hydrogen-bond acceptors (Lipinski definition) is 5. The lowest BCUT2D eigenvalue weighted by molar-refractivity contribution is 0.311. The van der Waals surface area contributed by atoms with E-state index in [1.54, 1.807) is 25.3 Å². The molecular formula is C23H23N5O2. The van der Waals surface area contributed by atoms with Gasteiger partial charge in [-0.25, -0.2) is 0 Å². The standard InChI is InChI=1S/C23H23N5O2/c1-26-6-8-28(9-7-26)19-12-18-16(11-20(19)30-3)21-22(29)15-5-4-14(13-24)10-17(15)25-23(21)27(18)2/h4-5,10-12H,6-9H2,1-3H3,(H,25,29). The summed E-state index contributed by atoms with van der Waals surface area (Å²) in [4.78, 5) is 21.4. The Morgan fingerprint density at radius 3 is 2.53 bits per heavy atom. The van der Waals surface area contributed by atoms with E-state index in [4.69, 9.17) is 4.74 Å². The number of piperazine rings is 1. The van der Waals surface area contributed by atoms with Crippen molar-refractivity contribution in [3.05, 3.63) is 46.1 Å². The zero-order valence-electron chi connectivity index (χ0n) is 17.3. The summed E-state index contributed by atoms with van der Waals surface area (Å²) >= 11 is 0. The Bertz CT molecular complexity index is 1400. The summed E-state index contributed by atoms with van der Waals surface area (Å²) in [6.07, 6.45) is 0. The molecule has 4 aromatic rings. The number of fused-ring (bicyclic) bond motifs is 4. The average Bonchev–Trinajstić information content (AvgIpc) is 3.04. The molecule has 1 fully saturated rings. The van der Waals surface area contributed by atoms with E-state index in [2.05, 4.69) is 34.0 Å². The van der Waals surface area contributed by atoms with Crippen molar-refractivity contribution in [2.45, 2.75) is 0 Å². The van der Waals surface area contributed by atoms with Crippen LogP contribution in [0.4, 0.5) is 5.69 Å². The number of methoxy groups -OCH3 is 1. The molecule has 1 N–H and O–H groups in total. The maximum Gasteiger partial charge on any atom is 0.199 e. The van der Waals surface area contributed by atoms with Crippen LogP contribution in [0.2, 0.25) is 0 Å². The lowest BCUT2D eigenvalue weighted by Gasteiger charge is -2.34. The van der Waals surface area contributed by atoms with Gasteiger partial charge in [0.2, 0.25) is 0 Å². The smallest absolute Gasteiger partial charge is 0.199 e. The molecule has 0 spiro atoms. The van der Waals surface area contributed by atoms with Crippen molar-refractivity contribution in [3.8, 4) is 11.8 Å². The highest BCUT2D eigenvalue weighted by molar-refractivity contribution is 6.11. The first kappa shape index (κ1) is 18.5. The summed E-state index contributed by atoms with van der Waals surface area (Å²) in [6.45, 7) is 3.87. The zero-order valence-corrected chi connectivity index (χ0v) is 17.3. The highest BCUT2D eigenvalue weighted by atomic mass is 16.5. The molecule has 1 saturated heterocycles. The third-order valence-corrected chi connectivity index (χ3v) is 6.22. The SMILES string of the molecule is COc1cc2c3c(=O)c4ccc(C#N)cc4[nH]c3n(C)c2cc1N1CCN(C)CC1. The van der Waals surface area contributed by atoms with Crippen molar-refractivity contribution in [2.75, 3.05) is 45.2 Å². The van der Waals surface area contributed by atoms with E-state index in [0.717, 1.165) is 54.2 Å². The molecule has 30 heavy (non-hydrogen) atoms. The molecule has 0 radical (unpaired) electrons. The van der Waals surface area contributed by atoms with Crippen molar-refractivity contribution < 1.29 is 4.74 Å². The van der Waals surface area contributed by atoms with E-state index in [1.807, 2.05) is 17.7 Å². The lowest BCUT2D eigenvalue weighted by Crippen LogP contribution is -2.44. The van der Waals surface area contributed by atoms with Crippen molar-refractivity contribution in [1.82, 2.24) is 14.5 Å². The fourth-order valence-electron chi connectivity index (χ4n) is 4.46. The Labute approximate surface area is 173 Å². The Morgan fingerprint density at radius 2 is 1.83 bits per heavy atom. The van der Waals surface area contributed by atoms with E-state index < -0.39 is 0 Å². The lowest BCUT2D eigenvalue weighted by atomic mass is 10.1. The van der Waals surface area contributed by atoms with Gasteiger partial charge in [0.1, 0.15) is 11.4 Å². The molecule has 5 rings (SSSR count). The normalized spacial score (nSPS) is 15.2. The number of benzene rings is 2. The molecule has 0 bridgehead atoms. The van der Waals surface area contributed by atoms with Crippen LogP contribution < -0.4 is 15.1 Å². The van der Waals surface area contributed by atoms with E-state index in [9.17, 15) is 10.1 Å². The first-order valence-electron chi connectivity index (χ1n) is 10.0. The fraction of sp³-hybridized carbons (Fsp3) is 0.304. The molecule has 152 valence electrons. The van der Waals surface area contributed by atoms with Gasteiger partial charge in [-0.15, -0.1) is 0 Å². The first-order valence-corrected chi connectivity index (χ1v) is 10.0. The minimum atomic E-state index is -0.0387. The van der Waals surface area contributed by atoms with Gasteiger partial charge in [-0.05, 0) is 37.4 Å². The third-order valence-electron chi connectivity index (χ3n) is 6.22. The number of pyridine rings is 1. The molecule has 1 aliphatic rings. The van der Waals surface area contributed by atoms with Gasteiger partial charge in [-0.1, -0.05) is 0 Å². The molecule has 0 atom stereocenters. The molecule has 0 aliphatic carbocycles. The van der Waals surface area contributed by atoms with Gasteiger partial charge >= 0.3 is 0 Å². The van der Waals surface area contributed by atoms with Crippen LogP contribution in [0.1, 0.15) is 5.56 Å². The van der Waals surface area contributed by atoms with E-state index >= 15 is 0 Å². The van der Waals surface area contributed by atoms with Gasteiger partial charge in [-0.2, -0.15) is 5.26 Å². The zero-order chi connectivity index (χ0) is 21.0. The highest BCUT2D eigenvalue weighted by Crippen LogP contribution is 2.37. The highest BCUT2D eigenvalue weighted by Gasteiger charge is 2.22. The second kappa shape index (κ2) is 6.78. The number of rotatable bonds is 2. The third kappa shape index (κ3) is 2.65. The van der Waals surface area contributed by atoms with Gasteiger partial charge in [-0.3, -0.25) is 4.79 Å². The van der Waals surface area contributed by atoms with Crippen LogP contribution in [0.15, 0.2) is 35.1 Å². The van der Waals surface area contributed by atoms with Gasteiger partial charge in [0.05, 0.1) is 40.8 Å². The monoisotopic (exact) mass is 401 g/mol. The van der Waals surface area contributed by atoms with Crippen molar-refractivity contribution in [1.29, 1.82) is 5.26 Å². The molecular weight excluding hydrogens is 378 g/mol. The maximum atomic E-state index is 13.4. The van der Waals surface area contributed by atoms with Crippen LogP contribution in [-0.4, -0.2) is 54.8 Å². The molecule has 0 amide bonds. The maximum absolute atomic E-state index is 13.4. The van der Waals surface area contributed by atoms with Crippen molar-refractivity contribution in [2.24, 2.45) is 7.05 Å². The number of anilines is 1. The number of hydrogen-bond donors (Lipinski definition) is 1. The average molecular weight is 401 g/mol. The molecule has 1 aliphatic heterocycles. The second-order valence-electron chi connectivity index (χ2n) is 7.94. The van der Waals surface area contributed by atoms with Gasteiger partial charge < -0.3 is 24.1 Å². The molecule has 2 aromatic heterocycles. The fourth-order valence-corrected chi connectivity index (χ4v) is 4.46. The molecule has 3 heterocycles. The molecule has 0 saturated carbocycles. The predicted octanol–water partition coefficient (Wildman–Crippen LogP) is 2.81. The van der Waals surface area contributed by atoms with E-state index in [-0.39, 0.29) is 5.43 Å². The summed E-state index contributed by atoms with van der Waals surface area (Å²) in [5.41, 5.74) is 3.93. The number of nitrogens with one attached hydrogen (secondary N) is 1. The minimum Gasteiger partial charge on any atom is -0.495 e. The van der Waals surface area contributed by atoms with Crippen molar-refractivity contribution in [3.63, 3.8) is 0 Å². The number of aryl methyl sites for hydroxylation is 1. The number of aromatic nitrogens is 2. The number of ether oxygens (including phenoxy) is 1. The van der Waals surface area contributed by atoms with Crippen LogP contribution in [0.3, 0.4) is 0 Å². The van der Waals surface area contributed by atoms with E-state index in [1.165, 1.54) is 0 Å². The predicted molar refractivity (Wildman–Crippen MR) is 120 cm³/mol. The Hall–Kier alpha value is -3.50. The number of nitrogens with zero attached hydrogens (tertiary/aromatic N) is 4. The number of nitriles is 1. The van der Waals surface area contributed by atoms with Gasteiger partial charge in [0, 0.05) is 44.0 Å². The summed E-state index contributed by atoms with van der Waals surface area (Å²) in [6, 6.07) is 11.4.